The fraction of sp³-hybridized carbons (Fsp3) is 0.333. The van der Waals surface area contributed by atoms with Crippen molar-refractivity contribution in [3.05, 3.63) is 35.0 Å². The van der Waals surface area contributed by atoms with Crippen molar-refractivity contribution in [2.75, 3.05) is 7.11 Å². The molecule has 0 aliphatic carbocycles. The number of fused-ring (bicyclic) bond motifs is 1. The summed E-state index contributed by atoms with van der Waals surface area (Å²) in [6.07, 6.45) is 0. The van der Waals surface area contributed by atoms with Crippen molar-refractivity contribution < 1.29 is 14.6 Å². The van der Waals surface area contributed by atoms with Crippen LogP contribution < -0.4 is 4.74 Å². The van der Waals surface area contributed by atoms with Gasteiger partial charge in [0.1, 0.15) is 5.75 Å². The van der Waals surface area contributed by atoms with Gasteiger partial charge in [0.25, 0.3) is 0 Å². The number of pyridine rings is 1. The van der Waals surface area contributed by atoms with E-state index in [1.165, 1.54) is 0 Å². The van der Waals surface area contributed by atoms with Crippen molar-refractivity contribution in [1.29, 1.82) is 0 Å². The van der Waals surface area contributed by atoms with E-state index in [0.29, 0.717) is 22.2 Å². The van der Waals surface area contributed by atoms with E-state index in [4.69, 9.17) is 4.74 Å². The number of hydrogen-bond acceptors (Lipinski definition) is 3. The lowest BCUT2D eigenvalue weighted by Gasteiger charge is -2.14. The second-order valence-electron chi connectivity index (χ2n) is 4.84. The van der Waals surface area contributed by atoms with Gasteiger partial charge in [-0.2, -0.15) is 0 Å². The van der Waals surface area contributed by atoms with E-state index >= 15 is 0 Å². The summed E-state index contributed by atoms with van der Waals surface area (Å²) in [7, 11) is 1.58. The van der Waals surface area contributed by atoms with Gasteiger partial charge in [0.05, 0.1) is 18.2 Å². The van der Waals surface area contributed by atoms with Crippen LogP contribution in [0.5, 0.6) is 5.75 Å². The third-order valence-corrected chi connectivity index (χ3v) is 3.24. The highest BCUT2D eigenvalue weighted by Gasteiger charge is 2.18. The van der Waals surface area contributed by atoms with Gasteiger partial charge in [0.2, 0.25) is 0 Å². The zero-order chi connectivity index (χ0) is 14.2. The molecule has 1 heterocycles. The Morgan fingerprint density at radius 3 is 2.58 bits per heavy atom. The maximum atomic E-state index is 11.5. The molecule has 100 valence electrons. The van der Waals surface area contributed by atoms with E-state index in [2.05, 4.69) is 4.98 Å². The Kier molecular flexibility index (Phi) is 3.42. The third kappa shape index (κ3) is 2.26. The fourth-order valence-electron chi connectivity index (χ4n) is 2.32. The molecule has 1 aromatic heterocycles. The van der Waals surface area contributed by atoms with E-state index in [1.807, 2.05) is 20.8 Å². The molecule has 0 fully saturated rings. The number of nitrogens with zero attached hydrogens (tertiary/aromatic N) is 1. The summed E-state index contributed by atoms with van der Waals surface area (Å²) in [5, 5.41) is 10.1. The van der Waals surface area contributed by atoms with Crippen LogP contribution in [0.3, 0.4) is 0 Å². The van der Waals surface area contributed by atoms with Crippen molar-refractivity contribution in [1.82, 2.24) is 4.98 Å². The summed E-state index contributed by atoms with van der Waals surface area (Å²) >= 11 is 0. The zero-order valence-corrected chi connectivity index (χ0v) is 11.5. The molecule has 0 saturated carbocycles. The van der Waals surface area contributed by atoms with Crippen LogP contribution in [0, 0.1) is 6.92 Å². The van der Waals surface area contributed by atoms with Gasteiger partial charge in [-0.15, -0.1) is 0 Å². The number of ether oxygens (including phenoxy) is 1. The molecule has 0 spiro atoms. The molecule has 1 aromatic carbocycles. The average Bonchev–Trinajstić information content (AvgIpc) is 2.36. The summed E-state index contributed by atoms with van der Waals surface area (Å²) in [5.41, 5.74) is 2.54. The van der Waals surface area contributed by atoms with Crippen LogP contribution in [-0.2, 0) is 0 Å². The topological polar surface area (TPSA) is 59.4 Å². The van der Waals surface area contributed by atoms with Crippen LogP contribution in [0.2, 0.25) is 0 Å². The first-order valence-electron chi connectivity index (χ1n) is 6.17. The molecule has 19 heavy (non-hydrogen) atoms. The van der Waals surface area contributed by atoms with Gasteiger partial charge in [-0.25, -0.2) is 4.79 Å². The second-order valence-corrected chi connectivity index (χ2v) is 4.84. The molecule has 4 nitrogen and oxygen atoms in total. The van der Waals surface area contributed by atoms with Crippen LogP contribution in [-0.4, -0.2) is 23.2 Å². The maximum absolute atomic E-state index is 11.5. The van der Waals surface area contributed by atoms with Crippen molar-refractivity contribution in [3.63, 3.8) is 0 Å². The fourth-order valence-corrected chi connectivity index (χ4v) is 2.32. The van der Waals surface area contributed by atoms with Crippen molar-refractivity contribution >= 4 is 16.9 Å². The molecule has 0 radical (unpaired) electrons. The number of carboxylic acid groups (broad SMARTS) is 1. The molecule has 0 aliphatic heterocycles. The molecule has 2 aromatic rings. The van der Waals surface area contributed by atoms with Gasteiger partial charge in [0.15, 0.2) is 0 Å². The molecule has 0 aliphatic rings. The van der Waals surface area contributed by atoms with Gasteiger partial charge in [0, 0.05) is 17.1 Å². The van der Waals surface area contributed by atoms with Crippen LogP contribution in [0.1, 0.15) is 41.4 Å². The van der Waals surface area contributed by atoms with Crippen LogP contribution in [0.25, 0.3) is 10.9 Å². The molecule has 0 atom stereocenters. The quantitative estimate of drug-likeness (QED) is 0.918. The van der Waals surface area contributed by atoms with Crippen LogP contribution in [0.4, 0.5) is 0 Å². The zero-order valence-electron chi connectivity index (χ0n) is 11.5. The molecule has 4 heteroatoms. The van der Waals surface area contributed by atoms with Gasteiger partial charge in [-0.3, -0.25) is 4.98 Å². The monoisotopic (exact) mass is 259 g/mol. The number of benzene rings is 1. The van der Waals surface area contributed by atoms with E-state index in [9.17, 15) is 9.90 Å². The van der Waals surface area contributed by atoms with Gasteiger partial charge in [-0.05, 0) is 30.5 Å². The lowest BCUT2D eigenvalue weighted by molar-refractivity contribution is 0.0698. The summed E-state index contributed by atoms with van der Waals surface area (Å²) in [6.45, 7) is 5.83. The van der Waals surface area contributed by atoms with E-state index < -0.39 is 5.97 Å². The number of methoxy groups -OCH3 is 1. The van der Waals surface area contributed by atoms with Gasteiger partial charge in [-0.1, -0.05) is 13.8 Å². The first-order chi connectivity index (χ1) is 8.95. The van der Waals surface area contributed by atoms with Crippen molar-refractivity contribution in [2.24, 2.45) is 0 Å². The first-order valence-corrected chi connectivity index (χ1v) is 6.17. The van der Waals surface area contributed by atoms with Crippen LogP contribution >= 0.6 is 0 Å². The Morgan fingerprint density at radius 2 is 2.05 bits per heavy atom. The molecule has 2 rings (SSSR count). The molecule has 0 saturated heterocycles. The molecular formula is C15H17NO3. The Bertz CT molecular complexity index is 647. The molecule has 0 unspecified atom stereocenters. The Balaban J connectivity index is 2.87. The predicted molar refractivity (Wildman–Crippen MR) is 74.1 cm³/mol. The minimum atomic E-state index is -0.919. The van der Waals surface area contributed by atoms with Crippen molar-refractivity contribution in [3.8, 4) is 5.75 Å². The average molecular weight is 259 g/mol. The van der Waals surface area contributed by atoms with Crippen molar-refractivity contribution in [2.45, 2.75) is 26.7 Å². The number of aromatic carboxylic acids is 1. The van der Waals surface area contributed by atoms with Gasteiger partial charge < -0.3 is 9.84 Å². The lowest BCUT2D eigenvalue weighted by atomic mass is 9.96. The standard InChI is InChI=1S/C15H17NO3/c1-8(2)14-9(3)13(15(17)18)11-6-5-10(19-4)7-12(11)16-14/h5-8H,1-4H3,(H,17,18). The number of rotatable bonds is 3. The summed E-state index contributed by atoms with van der Waals surface area (Å²) < 4.78 is 5.17. The highest BCUT2D eigenvalue weighted by atomic mass is 16.5. The first kappa shape index (κ1) is 13.3. The number of hydrogen-bond donors (Lipinski definition) is 1. The van der Waals surface area contributed by atoms with E-state index in [-0.39, 0.29) is 5.92 Å². The van der Waals surface area contributed by atoms with Crippen LogP contribution in [0.15, 0.2) is 18.2 Å². The largest absolute Gasteiger partial charge is 0.497 e. The molecular weight excluding hydrogens is 242 g/mol. The molecule has 0 amide bonds. The second kappa shape index (κ2) is 4.88. The minimum absolute atomic E-state index is 0.175. The predicted octanol–water partition coefficient (Wildman–Crippen LogP) is 3.37. The number of carboxylic acids is 1. The molecule has 1 N–H and O–H groups in total. The summed E-state index contributed by atoms with van der Waals surface area (Å²) in [6, 6.07) is 5.28. The number of aromatic nitrogens is 1. The SMILES string of the molecule is COc1ccc2c(C(=O)O)c(C)c(C(C)C)nc2c1. The van der Waals surface area contributed by atoms with E-state index in [1.54, 1.807) is 25.3 Å². The number of carbonyl (C=O) groups is 1. The lowest BCUT2D eigenvalue weighted by Crippen LogP contribution is -2.08. The normalized spacial score (nSPS) is 11.0. The highest BCUT2D eigenvalue weighted by molar-refractivity contribution is 6.04. The summed E-state index contributed by atoms with van der Waals surface area (Å²) in [5.74, 6) is -0.0689. The minimum Gasteiger partial charge on any atom is -0.497 e. The molecule has 0 bridgehead atoms. The van der Waals surface area contributed by atoms with Gasteiger partial charge >= 0.3 is 5.97 Å². The smallest absolute Gasteiger partial charge is 0.336 e. The Labute approximate surface area is 112 Å². The Hall–Kier alpha value is -2.10. The third-order valence-electron chi connectivity index (χ3n) is 3.24. The highest BCUT2D eigenvalue weighted by Crippen LogP contribution is 2.29. The summed E-state index contributed by atoms with van der Waals surface area (Å²) in [4.78, 5) is 16.1. The Morgan fingerprint density at radius 1 is 1.37 bits per heavy atom. The van der Waals surface area contributed by atoms with E-state index in [0.717, 1.165) is 11.3 Å². The maximum Gasteiger partial charge on any atom is 0.336 e.